The number of rotatable bonds is 7. The number of carbonyl (C=O) groups excluding carboxylic acids is 4. The molecule has 29 heavy (non-hydrogen) atoms. The van der Waals surface area contributed by atoms with E-state index in [-0.39, 0.29) is 40.0 Å². The van der Waals surface area contributed by atoms with Crippen LogP contribution in [-0.4, -0.2) is 37.0 Å². The number of benzene rings is 1. The molecule has 0 saturated carbocycles. The minimum Gasteiger partial charge on any atom is -0.462 e. The summed E-state index contributed by atoms with van der Waals surface area (Å²) in [6, 6.07) is 6.02. The highest BCUT2D eigenvalue weighted by Gasteiger charge is 2.27. The summed E-state index contributed by atoms with van der Waals surface area (Å²) in [6.07, 6.45) is 0. The van der Waals surface area contributed by atoms with Crippen molar-refractivity contribution in [2.75, 3.05) is 18.5 Å². The van der Waals surface area contributed by atoms with Gasteiger partial charge < -0.3 is 19.5 Å². The first kappa shape index (κ1) is 22.1. The van der Waals surface area contributed by atoms with Crippen molar-refractivity contribution in [3.63, 3.8) is 0 Å². The number of hydrogen-bond acceptors (Lipinski definition) is 8. The fourth-order valence-electron chi connectivity index (χ4n) is 2.48. The molecule has 0 unspecified atom stereocenters. The van der Waals surface area contributed by atoms with Gasteiger partial charge in [-0.25, -0.2) is 9.59 Å². The third kappa shape index (κ3) is 5.41. The van der Waals surface area contributed by atoms with E-state index in [2.05, 4.69) is 5.32 Å². The van der Waals surface area contributed by atoms with Gasteiger partial charge in [-0.05, 0) is 44.5 Å². The number of nitrogens with one attached hydrogen (secondary N) is 1. The molecular weight excluding hydrogens is 398 g/mol. The van der Waals surface area contributed by atoms with Crippen molar-refractivity contribution < 1.29 is 33.4 Å². The van der Waals surface area contributed by atoms with Crippen molar-refractivity contribution in [3.05, 3.63) is 45.8 Å². The van der Waals surface area contributed by atoms with Gasteiger partial charge in [-0.2, -0.15) is 0 Å². The minimum absolute atomic E-state index is 0.101. The van der Waals surface area contributed by atoms with Gasteiger partial charge in [-0.15, -0.1) is 11.3 Å². The lowest BCUT2D eigenvalue weighted by Gasteiger charge is -2.08. The normalized spacial score (nSPS) is 10.2. The van der Waals surface area contributed by atoms with E-state index in [0.29, 0.717) is 5.56 Å². The van der Waals surface area contributed by atoms with Crippen molar-refractivity contribution in [3.8, 4) is 5.75 Å². The molecule has 9 heteroatoms. The van der Waals surface area contributed by atoms with E-state index in [4.69, 9.17) is 14.2 Å². The Morgan fingerprint density at radius 2 is 1.69 bits per heavy atom. The Bertz CT molecular complexity index is 948. The highest BCUT2D eigenvalue weighted by Crippen LogP contribution is 2.34. The van der Waals surface area contributed by atoms with E-state index in [0.717, 1.165) is 11.3 Å². The second kappa shape index (κ2) is 9.83. The minimum atomic E-state index is -0.652. The zero-order valence-corrected chi connectivity index (χ0v) is 17.3. The van der Waals surface area contributed by atoms with Gasteiger partial charge in [0.25, 0.3) is 5.91 Å². The monoisotopic (exact) mass is 419 g/mol. The molecule has 2 rings (SSSR count). The summed E-state index contributed by atoms with van der Waals surface area (Å²) in [7, 11) is 0. The van der Waals surface area contributed by atoms with Crippen LogP contribution in [0.1, 0.15) is 56.7 Å². The largest absolute Gasteiger partial charge is 0.462 e. The molecule has 0 radical (unpaired) electrons. The first-order valence-corrected chi connectivity index (χ1v) is 9.67. The number of hydrogen-bond donors (Lipinski definition) is 1. The van der Waals surface area contributed by atoms with Crippen LogP contribution < -0.4 is 10.1 Å². The van der Waals surface area contributed by atoms with Gasteiger partial charge in [0, 0.05) is 12.5 Å². The topological polar surface area (TPSA) is 108 Å². The fourth-order valence-corrected chi connectivity index (χ4v) is 3.57. The number of amides is 1. The van der Waals surface area contributed by atoms with Gasteiger partial charge >= 0.3 is 17.9 Å². The van der Waals surface area contributed by atoms with Gasteiger partial charge in [0.15, 0.2) is 0 Å². The molecular formula is C20H21NO7S. The zero-order valence-electron chi connectivity index (χ0n) is 16.5. The SMILES string of the molecule is CCOC(=O)c1sc(NC(=O)c2cccc(OC(C)=O)c2)c(C(=O)OCC)c1C. The molecule has 0 atom stereocenters. The maximum atomic E-state index is 12.7. The standard InChI is InChI=1S/C20H21NO7S/c1-5-26-19(24)15-11(3)16(20(25)27-6-2)29-18(15)21-17(23)13-8-7-9-14(10-13)28-12(4)22/h7-10H,5-6H2,1-4H3,(H,21,23). The average Bonchev–Trinajstić information content (AvgIpc) is 2.98. The molecule has 0 saturated heterocycles. The third-order valence-electron chi connectivity index (χ3n) is 3.67. The molecule has 0 aliphatic heterocycles. The van der Waals surface area contributed by atoms with Crippen LogP contribution >= 0.6 is 11.3 Å². The highest BCUT2D eigenvalue weighted by atomic mass is 32.1. The summed E-state index contributed by atoms with van der Waals surface area (Å²) < 4.78 is 15.1. The zero-order chi connectivity index (χ0) is 21.6. The summed E-state index contributed by atoms with van der Waals surface area (Å²) in [6.45, 7) is 6.49. The summed E-state index contributed by atoms with van der Waals surface area (Å²) in [5.41, 5.74) is 0.683. The fraction of sp³-hybridized carbons (Fsp3) is 0.300. The van der Waals surface area contributed by atoms with Gasteiger partial charge in [0.05, 0.1) is 18.8 Å². The maximum Gasteiger partial charge on any atom is 0.348 e. The summed E-state index contributed by atoms with van der Waals surface area (Å²) >= 11 is 0.934. The number of anilines is 1. The van der Waals surface area contributed by atoms with Crippen LogP contribution in [0.4, 0.5) is 5.00 Å². The molecule has 1 N–H and O–H groups in total. The lowest BCUT2D eigenvalue weighted by atomic mass is 10.1. The summed E-state index contributed by atoms with van der Waals surface area (Å²) in [5.74, 6) is -2.08. The number of esters is 3. The number of thiophene rings is 1. The van der Waals surface area contributed by atoms with Crippen LogP contribution in [0.15, 0.2) is 24.3 Å². The number of carbonyl (C=O) groups is 4. The van der Waals surface area contributed by atoms with E-state index in [1.807, 2.05) is 0 Å². The third-order valence-corrected chi connectivity index (χ3v) is 4.86. The van der Waals surface area contributed by atoms with Crippen molar-refractivity contribution in [1.82, 2.24) is 0 Å². The molecule has 0 aliphatic carbocycles. The van der Waals surface area contributed by atoms with Crippen molar-refractivity contribution in [2.45, 2.75) is 27.7 Å². The molecule has 8 nitrogen and oxygen atoms in total. The number of ether oxygens (including phenoxy) is 3. The maximum absolute atomic E-state index is 12.7. The van der Waals surface area contributed by atoms with Gasteiger partial charge in [0.1, 0.15) is 15.6 Å². The van der Waals surface area contributed by atoms with Crippen LogP contribution in [0.2, 0.25) is 0 Å². The van der Waals surface area contributed by atoms with E-state index < -0.39 is 23.8 Å². The lowest BCUT2D eigenvalue weighted by molar-refractivity contribution is -0.131. The molecule has 0 bridgehead atoms. The van der Waals surface area contributed by atoms with Crippen LogP contribution in [0.3, 0.4) is 0 Å². The van der Waals surface area contributed by atoms with E-state index in [9.17, 15) is 19.2 Å². The highest BCUT2D eigenvalue weighted by molar-refractivity contribution is 7.18. The summed E-state index contributed by atoms with van der Waals surface area (Å²) in [4.78, 5) is 48.6. The van der Waals surface area contributed by atoms with Crippen LogP contribution in [0.5, 0.6) is 5.75 Å². The predicted octanol–water partition coefficient (Wildman–Crippen LogP) is 3.59. The Labute approximate surface area is 171 Å². The molecule has 1 aromatic carbocycles. The smallest absolute Gasteiger partial charge is 0.348 e. The Morgan fingerprint density at radius 1 is 1.03 bits per heavy atom. The predicted molar refractivity (Wildman–Crippen MR) is 107 cm³/mol. The molecule has 0 aliphatic rings. The van der Waals surface area contributed by atoms with Gasteiger partial charge in [-0.3, -0.25) is 9.59 Å². The molecule has 2 aromatic rings. The Kier molecular flexibility index (Phi) is 7.49. The molecule has 0 fully saturated rings. The van der Waals surface area contributed by atoms with Gasteiger partial charge in [-0.1, -0.05) is 6.07 Å². The molecule has 1 heterocycles. The van der Waals surface area contributed by atoms with Crippen LogP contribution in [-0.2, 0) is 14.3 Å². The Hall–Kier alpha value is -3.20. The van der Waals surface area contributed by atoms with E-state index in [1.54, 1.807) is 26.8 Å². The molecule has 0 spiro atoms. The molecule has 154 valence electrons. The Morgan fingerprint density at radius 3 is 2.31 bits per heavy atom. The quantitative estimate of drug-likeness (QED) is 0.540. The molecule has 1 amide bonds. The van der Waals surface area contributed by atoms with Crippen LogP contribution in [0, 0.1) is 6.92 Å². The van der Waals surface area contributed by atoms with Crippen LogP contribution in [0.25, 0.3) is 0 Å². The first-order valence-electron chi connectivity index (χ1n) is 8.85. The second-order valence-electron chi connectivity index (χ2n) is 5.78. The van der Waals surface area contributed by atoms with Crippen molar-refractivity contribution in [1.29, 1.82) is 0 Å². The second-order valence-corrected chi connectivity index (χ2v) is 6.80. The van der Waals surface area contributed by atoms with E-state index >= 15 is 0 Å². The van der Waals surface area contributed by atoms with Crippen molar-refractivity contribution >= 4 is 40.2 Å². The lowest BCUT2D eigenvalue weighted by Crippen LogP contribution is -2.15. The van der Waals surface area contributed by atoms with Gasteiger partial charge in [0.2, 0.25) is 0 Å². The average molecular weight is 419 g/mol. The molecule has 1 aromatic heterocycles. The summed E-state index contributed by atoms with van der Waals surface area (Å²) in [5, 5.41) is 2.81. The van der Waals surface area contributed by atoms with Crippen molar-refractivity contribution in [2.24, 2.45) is 0 Å². The first-order chi connectivity index (χ1) is 13.8. The Balaban J connectivity index is 2.39. The van der Waals surface area contributed by atoms with E-state index in [1.165, 1.54) is 25.1 Å².